The largest absolute Gasteiger partial charge is 0.493 e. The molecule has 1 aromatic carbocycles. The Hall–Kier alpha value is -1.30. The summed E-state index contributed by atoms with van der Waals surface area (Å²) in [5.74, 6) is 1.48. The third kappa shape index (κ3) is 3.87. The predicted octanol–water partition coefficient (Wildman–Crippen LogP) is 1.81. The van der Waals surface area contributed by atoms with Gasteiger partial charge in [-0.25, -0.2) is 0 Å². The molecule has 5 nitrogen and oxygen atoms in total. The zero-order valence-electron chi connectivity index (χ0n) is 13.2. The lowest BCUT2D eigenvalue weighted by Gasteiger charge is -2.31. The summed E-state index contributed by atoms with van der Waals surface area (Å²) >= 11 is 0. The standard InChI is InChI=1S/C16H26N2O3/c1-12-11-18(7-4-8-21-12)14(10-17)13-5-6-15(19-2)16(9-13)20-3/h5-6,9,12,14H,4,7-8,10-11,17H2,1-3H3. The van der Waals surface area contributed by atoms with E-state index in [0.717, 1.165) is 43.2 Å². The van der Waals surface area contributed by atoms with Gasteiger partial charge in [0.15, 0.2) is 11.5 Å². The van der Waals surface area contributed by atoms with Crippen molar-refractivity contribution in [3.05, 3.63) is 23.8 Å². The maximum atomic E-state index is 6.04. The topological polar surface area (TPSA) is 57.0 Å². The van der Waals surface area contributed by atoms with Crippen molar-refractivity contribution in [1.82, 2.24) is 4.90 Å². The lowest BCUT2D eigenvalue weighted by molar-refractivity contribution is 0.0611. The van der Waals surface area contributed by atoms with Gasteiger partial charge < -0.3 is 19.9 Å². The molecule has 2 unspecified atom stereocenters. The van der Waals surface area contributed by atoms with Gasteiger partial charge in [0.2, 0.25) is 0 Å². The molecule has 2 N–H and O–H groups in total. The van der Waals surface area contributed by atoms with E-state index in [1.165, 1.54) is 0 Å². The van der Waals surface area contributed by atoms with Crippen LogP contribution in [0.15, 0.2) is 18.2 Å². The second-order valence-electron chi connectivity index (χ2n) is 5.40. The number of benzene rings is 1. The number of hydrogen-bond donors (Lipinski definition) is 1. The van der Waals surface area contributed by atoms with Crippen LogP contribution < -0.4 is 15.2 Å². The van der Waals surface area contributed by atoms with Gasteiger partial charge in [0.25, 0.3) is 0 Å². The molecule has 0 amide bonds. The molecule has 0 spiro atoms. The number of nitrogens with zero attached hydrogens (tertiary/aromatic N) is 1. The highest BCUT2D eigenvalue weighted by molar-refractivity contribution is 5.43. The summed E-state index contributed by atoms with van der Waals surface area (Å²) in [6.45, 7) is 5.40. The summed E-state index contributed by atoms with van der Waals surface area (Å²) in [7, 11) is 3.30. The van der Waals surface area contributed by atoms with E-state index in [0.29, 0.717) is 6.54 Å². The van der Waals surface area contributed by atoms with E-state index in [-0.39, 0.29) is 12.1 Å². The Morgan fingerprint density at radius 1 is 1.33 bits per heavy atom. The van der Waals surface area contributed by atoms with Crippen LogP contribution in [0.5, 0.6) is 11.5 Å². The Morgan fingerprint density at radius 3 is 2.76 bits per heavy atom. The van der Waals surface area contributed by atoms with Gasteiger partial charge in [-0.3, -0.25) is 4.90 Å². The molecule has 2 atom stereocenters. The SMILES string of the molecule is COc1ccc(C(CN)N2CCCOC(C)C2)cc1OC. The van der Waals surface area contributed by atoms with Crippen molar-refractivity contribution in [3.8, 4) is 11.5 Å². The second kappa shape index (κ2) is 7.64. The van der Waals surface area contributed by atoms with Gasteiger partial charge in [0.05, 0.1) is 20.3 Å². The maximum absolute atomic E-state index is 6.04. The molecule has 1 saturated heterocycles. The summed E-state index contributed by atoms with van der Waals surface area (Å²) < 4.78 is 16.4. The van der Waals surface area contributed by atoms with Crippen LogP contribution >= 0.6 is 0 Å². The third-order valence-electron chi connectivity index (χ3n) is 3.94. The molecular weight excluding hydrogens is 268 g/mol. The van der Waals surface area contributed by atoms with Crippen LogP contribution in [0.2, 0.25) is 0 Å². The minimum atomic E-state index is 0.175. The van der Waals surface area contributed by atoms with Crippen LogP contribution in [0.25, 0.3) is 0 Å². The Labute approximate surface area is 127 Å². The van der Waals surface area contributed by atoms with E-state index in [4.69, 9.17) is 19.9 Å². The van der Waals surface area contributed by atoms with Gasteiger partial charge in [0, 0.05) is 32.3 Å². The number of nitrogens with two attached hydrogens (primary N) is 1. The molecule has 2 rings (SSSR count). The molecule has 1 fully saturated rings. The zero-order valence-corrected chi connectivity index (χ0v) is 13.2. The fourth-order valence-corrected chi connectivity index (χ4v) is 2.87. The summed E-state index contributed by atoms with van der Waals surface area (Å²) in [6, 6.07) is 6.20. The molecule has 1 aromatic rings. The second-order valence-corrected chi connectivity index (χ2v) is 5.40. The van der Waals surface area contributed by atoms with Gasteiger partial charge in [-0.15, -0.1) is 0 Å². The van der Waals surface area contributed by atoms with E-state index in [1.807, 2.05) is 12.1 Å². The molecule has 1 heterocycles. The quantitative estimate of drug-likeness (QED) is 0.897. The monoisotopic (exact) mass is 294 g/mol. The fourth-order valence-electron chi connectivity index (χ4n) is 2.87. The first-order valence-corrected chi connectivity index (χ1v) is 7.47. The molecule has 5 heteroatoms. The molecule has 0 bridgehead atoms. The smallest absolute Gasteiger partial charge is 0.161 e. The Balaban J connectivity index is 2.23. The number of hydrogen-bond acceptors (Lipinski definition) is 5. The molecule has 0 saturated carbocycles. The first kappa shape index (κ1) is 16.1. The first-order valence-electron chi connectivity index (χ1n) is 7.47. The van der Waals surface area contributed by atoms with Crippen molar-refractivity contribution in [2.75, 3.05) is 40.5 Å². The average Bonchev–Trinajstić information content (AvgIpc) is 2.72. The molecule has 0 radical (unpaired) electrons. The van der Waals surface area contributed by atoms with Crippen molar-refractivity contribution in [3.63, 3.8) is 0 Å². The van der Waals surface area contributed by atoms with Crippen LogP contribution in [0.3, 0.4) is 0 Å². The minimum absolute atomic E-state index is 0.175. The molecule has 118 valence electrons. The predicted molar refractivity (Wildman–Crippen MR) is 82.9 cm³/mol. The lowest BCUT2D eigenvalue weighted by atomic mass is 10.0. The van der Waals surface area contributed by atoms with Crippen molar-refractivity contribution in [1.29, 1.82) is 0 Å². The summed E-state index contributed by atoms with van der Waals surface area (Å²) in [5, 5.41) is 0. The molecule has 1 aliphatic rings. The number of rotatable bonds is 5. The highest BCUT2D eigenvalue weighted by Crippen LogP contribution is 2.32. The van der Waals surface area contributed by atoms with Crippen LogP contribution in [0.4, 0.5) is 0 Å². The van der Waals surface area contributed by atoms with Crippen LogP contribution in [0.1, 0.15) is 24.9 Å². The zero-order chi connectivity index (χ0) is 15.2. The fraction of sp³-hybridized carbons (Fsp3) is 0.625. The van der Waals surface area contributed by atoms with Gasteiger partial charge in [-0.1, -0.05) is 6.07 Å². The van der Waals surface area contributed by atoms with Gasteiger partial charge in [-0.05, 0) is 31.0 Å². The Bertz CT molecular complexity index is 453. The average molecular weight is 294 g/mol. The van der Waals surface area contributed by atoms with E-state index in [1.54, 1.807) is 14.2 Å². The number of ether oxygens (including phenoxy) is 3. The van der Waals surface area contributed by atoms with Gasteiger partial charge in [0.1, 0.15) is 0 Å². The van der Waals surface area contributed by atoms with E-state index in [9.17, 15) is 0 Å². The highest BCUT2D eigenvalue weighted by Gasteiger charge is 2.24. The summed E-state index contributed by atoms with van der Waals surface area (Å²) in [6.07, 6.45) is 1.27. The maximum Gasteiger partial charge on any atom is 0.161 e. The molecule has 0 aliphatic carbocycles. The van der Waals surface area contributed by atoms with Crippen LogP contribution in [-0.2, 0) is 4.74 Å². The van der Waals surface area contributed by atoms with Crippen molar-refractivity contribution < 1.29 is 14.2 Å². The van der Waals surface area contributed by atoms with Crippen LogP contribution in [0, 0.1) is 0 Å². The minimum Gasteiger partial charge on any atom is -0.493 e. The van der Waals surface area contributed by atoms with Crippen molar-refractivity contribution in [2.24, 2.45) is 5.73 Å². The molecule has 21 heavy (non-hydrogen) atoms. The van der Waals surface area contributed by atoms with Gasteiger partial charge >= 0.3 is 0 Å². The van der Waals surface area contributed by atoms with E-state index < -0.39 is 0 Å². The van der Waals surface area contributed by atoms with Crippen molar-refractivity contribution >= 4 is 0 Å². The Kier molecular flexibility index (Phi) is 5.85. The number of methoxy groups -OCH3 is 2. The van der Waals surface area contributed by atoms with Crippen LogP contribution in [-0.4, -0.2) is 51.5 Å². The Morgan fingerprint density at radius 2 is 2.10 bits per heavy atom. The van der Waals surface area contributed by atoms with E-state index in [2.05, 4.69) is 17.9 Å². The molecular formula is C16H26N2O3. The third-order valence-corrected chi connectivity index (χ3v) is 3.94. The van der Waals surface area contributed by atoms with E-state index >= 15 is 0 Å². The van der Waals surface area contributed by atoms with Crippen molar-refractivity contribution in [2.45, 2.75) is 25.5 Å². The highest BCUT2D eigenvalue weighted by atomic mass is 16.5. The molecule has 1 aliphatic heterocycles. The molecule has 0 aromatic heterocycles. The lowest BCUT2D eigenvalue weighted by Crippen LogP contribution is -2.37. The van der Waals surface area contributed by atoms with Gasteiger partial charge in [-0.2, -0.15) is 0 Å². The summed E-state index contributed by atoms with van der Waals surface area (Å²) in [5.41, 5.74) is 7.20. The summed E-state index contributed by atoms with van der Waals surface area (Å²) in [4.78, 5) is 2.40. The normalized spacial score (nSPS) is 21.6. The first-order chi connectivity index (χ1) is 10.2.